The molecule has 3 fully saturated rings. The van der Waals surface area contributed by atoms with E-state index in [0.717, 1.165) is 0 Å². The predicted octanol–water partition coefficient (Wildman–Crippen LogP) is -3.10. The minimum atomic E-state index is -1.45. The minimum absolute atomic E-state index is 0.0297. The highest BCUT2D eigenvalue weighted by Gasteiger charge is 2.48. The third kappa shape index (κ3) is 37.2. The number of aliphatic hydroxyl groups excluding tert-OH is 9. The van der Waals surface area contributed by atoms with Crippen LogP contribution in [-0.4, -0.2) is 308 Å². The molecule has 3 aliphatic rings. The number of Topliss-reactive ketones (excluding diaryl/α,β-unsaturated/α-hetero) is 4. The lowest BCUT2D eigenvalue weighted by atomic mass is 9.97. The second kappa shape index (κ2) is 52.7. The zero-order valence-electron chi connectivity index (χ0n) is 60.2. The number of amides is 6. The predicted molar refractivity (Wildman–Crippen MR) is 361 cm³/mol. The molecule has 0 aromatic rings. The molecule has 3 saturated heterocycles. The molecular formula is C68H118N6O29. The Morgan fingerprint density at radius 3 is 0.981 bits per heavy atom. The Labute approximate surface area is 601 Å². The number of carbonyl (C=O) groups excluding carboxylic acids is 10. The SMILES string of the molecule is COCC(=O)NC(COCCC(=O)CCCCCC(=O)CCCCO[C@@H]1OC(CO)[C@H](O)[C@H](O)C1NC(C)=O)(COCCC(=O)CCCCCC(=O)CCCCO[C@@H]1OC(CO)[C@H](O)[C@H](O)C1NC(C)=O)COCCC(=O)NCCCNC(=O)CCCCO[C@@H]1OC(CO)[C@H](O)[C@H](O)C1NC(C)=O. The lowest BCUT2D eigenvalue weighted by molar-refractivity contribution is -0.270. The van der Waals surface area contributed by atoms with Gasteiger partial charge in [0, 0.05) is 125 Å². The van der Waals surface area contributed by atoms with Crippen LogP contribution in [0.25, 0.3) is 0 Å². The van der Waals surface area contributed by atoms with E-state index in [1.807, 2.05) is 0 Å². The Kier molecular flexibility index (Phi) is 47.0. The van der Waals surface area contributed by atoms with Gasteiger partial charge in [0.25, 0.3) is 0 Å². The van der Waals surface area contributed by atoms with E-state index in [1.165, 1.54) is 27.9 Å². The van der Waals surface area contributed by atoms with Crippen LogP contribution < -0.4 is 31.9 Å². The summed E-state index contributed by atoms with van der Waals surface area (Å²) in [5.74, 6) is -2.72. The summed E-state index contributed by atoms with van der Waals surface area (Å²) in [5, 5.41) is 107. The summed E-state index contributed by atoms with van der Waals surface area (Å²) >= 11 is 0. The normalized spacial score (nSPS) is 25.4. The minimum Gasteiger partial charge on any atom is -0.394 e. The lowest BCUT2D eigenvalue weighted by Crippen LogP contribution is -2.64. The Hall–Kier alpha value is -5.26. The highest BCUT2D eigenvalue weighted by Crippen LogP contribution is 2.26. The molecule has 0 saturated carbocycles. The van der Waals surface area contributed by atoms with Gasteiger partial charge in [-0.15, -0.1) is 0 Å². The third-order valence-corrected chi connectivity index (χ3v) is 17.3. The molecule has 0 bridgehead atoms. The van der Waals surface area contributed by atoms with Crippen LogP contribution in [0.15, 0.2) is 0 Å². The van der Waals surface area contributed by atoms with Crippen molar-refractivity contribution in [3.63, 3.8) is 0 Å². The standard InChI is InChI=1S/C68H118N6O29/c1-43(78)71-56-62(91)59(88)50(36-75)101-65(56)98-30-14-11-22-46(81)18-7-5-9-20-48(83)25-33-95-40-68(74-55(87)39-94-4,41-96-34-26-49(84)21-10-6-8-19-47(82)23-12-15-31-99-66-57(72-44(2)79)63(92)60(89)51(37-76)102-66)42-97-35-27-54(86)70-29-17-28-69-53(85)24-13-16-32-100-67-58(73-45(3)80)64(93)61(90)52(38-77)103-67/h50-52,56-67,75-77,88-93H,5-42H2,1-4H3,(H,69,85)(H,70,86)(H,71,78)(H,72,79)(H,73,80)(H,74,87)/t50?,51?,52?,56?,57?,58?,59-,60-,61-,62+,63+,64+,65+,66+,67+,68?/m0/s1. The quantitative estimate of drug-likeness (QED) is 0.0268. The fourth-order valence-corrected chi connectivity index (χ4v) is 11.6. The summed E-state index contributed by atoms with van der Waals surface area (Å²) in [5.41, 5.74) is -1.39. The Morgan fingerprint density at radius 2 is 0.660 bits per heavy atom. The fourth-order valence-electron chi connectivity index (χ4n) is 11.6. The van der Waals surface area contributed by atoms with Crippen LogP contribution in [0.2, 0.25) is 0 Å². The largest absolute Gasteiger partial charge is 0.394 e. The van der Waals surface area contributed by atoms with Crippen LogP contribution in [0.4, 0.5) is 0 Å². The number of unbranched alkanes of at least 4 members (excludes halogenated alkanes) is 7. The van der Waals surface area contributed by atoms with Crippen LogP contribution in [0.1, 0.15) is 168 Å². The van der Waals surface area contributed by atoms with Gasteiger partial charge in [0.15, 0.2) is 18.9 Å². The van der Waals surface area contributed by atoms with Crippen molar-refractivity contribution >= 4 is 58.6 Å². The Morgan fingerprint density at radius 1 is 0.359 bits per heavy atom. The van der Waals surface area contributed by atoms with Crippen molar-refractivity contribution in [3.05, 3.63) is 0 Å². The van der Waals surface area contributed by atoms with Gasteiger partial charge < -0.3 is 125 Å². The molecule has 0 aromatic carbocycles. The number of hydrogen-bond donors (Lipinski definition) is 15. The van der Waals surface area contributed by atoms with Crippen molar-refractivity contribution in [2.45, 2.75) is 266 Å². The van der Waals surface area contributed by atoms with E-state index < -0.39 is 141 Å². The van der Waals surface area contributed by atoms with Gasteiger partial charge in [-0.2, -0.15) is 0 Å². The van der Waals surface area contributed by atoms with Gasteiger partial charge in [-0.1, -0.05) is 12.8 Å². The van der Waals surface area contributed by atoms with Crippen molar-refractivity contribution in [2.75, 3.05) is 106 Å². The van der Waals surface area contributed by atoms with Gasteiger partial charge >= 0.3 is 0 Å². The summed E-state index contributed by atoms with van der Waals surface area (Å²) < 4.78 is 56.9. The maximum Gasteiger partial charge on any atom is 0.246 e. The molecule has 0 radical (unpaired) electrons. The summed E-state index contributed by atoms with van der Waals surface area (Å²) in [6, 6.07) is -3.22. The molecular weight excluding hydrogens is 1360 g/mol. The maximum atomic E-state index is 13.2. The van der Waals surface area contributed by atoms with Gasteiger partial charge in [0.05, 0.1) is 59.5 Å². The lowest BCUT2D eigenvalue weighted by Gasteiger charge is -2.42. The van der Waals surface area contributed by atoms with Crippen LogP contribution in [0.5, 0.6) is 0 Å². The molecule has 594 valence electrons. The number of methoxy groups -OCH3 is 1. The molecule has 3 heterocycles. The van der Waals surface area contributed by atoms with E-state index in [1.54, 1.807) is 0 Å². The molecule has 0 spiro atoms. The van der Waals surface area contributed by atoms with E-state index in [0.29, 0.717) is 96.3 Å². The first-order valence-corrected chi connectivity index (χ1v) is 36.0. The average Bonchev–Trinajstić information content (AvgIpc) is 0.823. The molecule has 3 aliphatic heterocycles. The zero-order valence-corrected chi connectivity index (χ0v) is 60.2. The highest BCUT2D eigenvalue weighted by atomic mass is 16.7. The zero-order chi connectivity index (χ0) is 76.1. The molecule has 3 rings (SSSR count). The second-order valence-electron chi connectivity index (χ2n) is 26.3. The van der Waals surface area contributed by atoms with E-state index in [2.05, 4.69) is 31.9 Å². The Bertz CT molecular complexity index is 2260. The van der Waals surface area contributed by atoms with Crippen molar-refractivity contribution in [1.82, 2.24) is 31.9 Å². The van der Waals surface area contributed by atoms with Gasteiger partial charge in [0.2, 0.25) is 35.4 Å². The molecule has 0 aromatic heterocycles. The molecule has 0 aliphatic carbocycles. The summed E-state index contributed by atoms with van der Waals surface area (Å²) in [7, 11) is 1.33. The van der Waals surface area contributed by atoms with Crippen LogP contribution in [-0.2, 0) is 95.3 Å². The van der Waals surface area contributed by atoms with E-state index in [4.69, 9.17) is 47.4 Å². The number of ether oxygens (including phenoxy) is 10. The first kappa shape index (κ1) is 91.9. The average molecular weight is 1480 g/mol. The topological polar surface area (TPSA) is 517 Å². The van der Waals surface area contributed by atoms with Gasteiger partial charge in [-0.3, -0.25) is 47.9 Å². The summed E-state index contributed by atoms with van der Waals surface area (Å²) in [4.78, 5) is 125. The first-order valence-electron chi connectivity index (χ1n) is 36.0. The number of aliphatic hydroxyl groups is 9. The smallest absolute Gasteiger partial charge is 0.246 e. The fraction of sp³-hybridized carbons (Fsp3) is 0.853. The number of rotatable bonds is 58. The van der Waals surface area contributed by atoms with Crippen LogP contribution in [0, 0.1) is 0 Å². The summed E-state index contributed by atoms with van der Waals surface area (Å²) in [6.45, 7) is 1.60. The highest BCUT2D eigenvalue weighted by molar-refractivity contribution is 5.80. The van der Waals surface area contributed by atoms with Crippen LogP contribution in [0.3, 0.4) is 0 Å². The van der Waals surface area contributed by atoms with E-state index in [-0.39, 0.29) is 165 Å². The number of ketones is 4. The van der Waals surface area contributed by atoms with Gasteiger partial charge in [0.1, 0.15) is 108 Å². The maximum absolute atomic E-state index is 13.2. The van der Waals surface area contributed by atoms with Crippen molar-refractivity contribution in [3.8, 4) is 0 Å². The van der Waals surface area contributed by atoms with Crippen molar-refractivity contribution < 1.29 is 141 Å². The molecule has 103 heavy (non-hydrogen) atoms. The molecule has 6 amide bonds. The van der Waals surface area contributed by atoms with Gasteiger partial charge in [-0.25, -0.2) is 0 Å². The second-order valence-corrected chi connectivity index (χ2v) is 26.3. The Balaban J connectivity index is 1.44. The van der Waals surface area contributed by atoms with Crippen LogP contribution >= 0.6 is 0 Å². The number of nitrogens with one attached hydrogen (secondary N) is 6. The molecule has 15 atom stereocenters. The molecule has 6 unspecified atom stereocenters. The molecule has 35 heteroatoms. The van der Waals surface area contributed by atoms with E-state index in [9.17, 15) is 93.9 Å². The molecule has 15 N–H and O–H groups in total. The first-order chi connectivity index (χ1) is 49.3. The number of carbonyl (C=O) groups is 10. The molecule has 35 nitrogen and oxygen atoms in total. The monoisotopic (exact) mass is 1480 g/mol. The summed E-state index contributed by atoms with van der Waals surface area (Å²) in [6.07, 6.45) is -7.09. The van der Waals surface area contributed by atoms with Gasteiger partial charge in [-0.05, 0) is 70.6 Å². The number of hydrogen-bond acceptors (Lipinski definition) is 29. The third-order valence-electron chi connectivity index (χ3n) is 17.3. The van der Waals surface area contributed by atoms with Crippen molar-refractivity contribution in [2.24, 2.45) is 0 Å². The van der Waals surface area contributed by atoms with E-state index >= 15 is 0 Å². The van der Waals surface area contributed by atoms with Crippen molar-refractivity contribution in [1.29, 1.82) is 0 Å².